The lowest BCUT2D eigenvalue weighted by atomic mass is 10.1. The molecule has 0 aliphatic carbocycles. The quantitative estimate of drug-likeness (QED) is 0.855. The SMILES string of the molecule is CC(C)NCC(O)Cc1ccc(Cl)cc1Cl. The molecule has 4 heteroatoms. The summed E-state index contributed by atoms with van der Waals surface area (Å²) in [5, 5.41) is 14.2. The second-order valence-corrected chi connectivity index (χ2v) is 5.00. The van der Waals surface area contributed by atoms with Crippen molar-refractivity contribution in [3.8, 4) is 0 Å². The van der Waals surface area contributed by atoms with Crippen LogP contribution in [0.1, 0.15) is 19.4 Å². The number of rotatable bonds is 5. The molecule has 0 aliphatic rings. The van der Waals surface area contributed by atoms with Crippen molar-refractivity contribution in [2.45, 2.75) is 32.4 Å². The Balaban J connectivity index is 2.52. The maximum Gasteiger partial charge on any atom is 0.0705 e. The summed E-state index contributed by atoms with van der Waals surface area (Å²) in [7, 11) is 0. The monoisotopic (exact) mass is 261 g/mol. The minimum absolute atomic E-state index is 0.371. The Hall–Kier alpha value is -0.280. The maximum atomic E-state index is 9.79. The molecule has 0 bridgehead atoms. The molecule has 0 saturated carbocycles. The van der Waals surface area contributed by atoms with Crippen LogP contribution in [-0.2, 0) is 6.42 Å². The number of nitrogens with one attached hydrogen (secondary N) is 1. The van der Waals surface area contributed by atoms with Gasteiger partial charge in [0.25, 0.3) is 0 Å². The highest BCUT2D eigenvalue weighted by molar-refractivity contribution is 6.35. The van der Waals surface area contributed by atoms with E-state index in [4.69, 9.17) is 23.2 Å². The van der Waals surface area contributed by atoms with E-state index in [0.717, 1.165) is 5.56 Å². The van der Waals surface area contributed by atoms with Crippen LogP contribution in [0.3, 0.4) is 0 Å². The number of aliphatic hydroxyl groups is 1. The van der Waals surface area contributed by atoms with E-state index >= 15 is 0 Å². The summed E-state index contributed by atoms with van der Waals surface area (Å²) in [6.45, 7) is 4.65. The van der Waals surface area contributed by atoms with Crippen molar-refractivity contribution in [3.05, 3.63) is 33.8 Å². The first kappa shape index (κ1) is 13.8. The summed E-state index contributed by atoms with van der Waals surface area (Å²) in [6.07, 6.45) is 0.108. The van der Waals surface area contributed by atoms with Crippen molar-refractivity contribution < 1.29 is 5.11 Å². The van der Waals surface area contributed by atoms with E-state index in [1.54, 1.807) is 12.1 Å². The van der Waals surface area contributed by atoms with Crippen LogP contribution in [0.4, 0.5) is 0 Å². The topological polar surface area (TPSA) is 32.3 Å². The van der Waals surface area contributed by atoms with Crippen LogP contribution in [0.25, 0.3) is 0 Å². The van der Waals surface area contributed by atoms with Crippen molar-refractivity contribution in [1.29, 1.82) is 0 Å². The Morgan fingerprint density at radius 3 is 2.56 bits per heavy atom. The molecule has 0 amide bonds. The molecule has 0 aliphatic heterocycles. The van der Waals surface area contributed by atoms with E-state index < -0.39 is 6.10 Å². The fourth-order valence-corrected chi connectivity index (χ4v) is 1.87. The van der Waals surface area contributed by atoms with Crippen LogP contribution in [0.15, 0.2) is 18.2 Å². The van der Waals surface area contributed by atoms with Crippen molar-refractivity contribution in [3.63, 3.8) is 0 Å². The Labute approximate surface area is 107 Å². The summed E-state index contributed by atoms with van der Waals surface area (Å²) >= 11 is 11.8. The average molecular weight is 262 g/mol. The molecular formula is C12H17Cl2NO. The number of aliphatic hydroxyl groups excluding tert-OH is 1. The summed E-state index contributed by atoms with van der Waals surface area (Å²) < 4.78 is 0. The van der Waals surface area contributed by atoms with Gasteiger partial charge in [0, 0.05) is 29.1 Å². The lowest BCUT2D eigenvalue weighted by Crippen LogP contribution is -2.33. The summed E-state index contributed by atoms with van der Waals surface area (Å²) in [5.41, 5.74) is 0.920. The van der Waals surface area contributed by atoms with Gasteiger partial charge in [-0.05, 0) is 17.7 Å². The zero-order valence-electron chi connectivity index (χ0n) is 9.50. The van der Waals surface area contributed by atoms with E-state index in [0.29, 0.717) is 29.1 Å². The molecular weight excluding hydrogens is 245 g/mol. The molecule has 1 rings (SSSR count). The number of hydrogen-bond acceptors (Lipinski definition) is 2. The van der Waals surface area contributed by atoms with Crippen LogP contribution in [-0.4, -0.2) is 23.8 Å². The summed E-state index contributed by atoms with van der Waals surface area (Å²) in [4.78, 5) is 0. The van der Waals surface area contributed by atoms with Crippen LogP contribution in [0.2, 0.25) is 10.0 Å². The van der Waals surface area contributed by atoms with Crippen molar-refractivity contribution >= 4 is 23.2 Å². The molecule has 2 N–H and O–H groups in total. The number of halogens is 2. The van der Waals surface area contributed by atoms with Gasteiger partial charge in [-0.25, -0.2) is 0 Å². The number of benzene rings is 1. The van der Waals surface area contributed by atoms with E-state index in [1.807, 2.05) is 19.9 Å². The van der Waals surface area contributed by atoms with Gasteiger partial charge < -0.3 is 10.4 Å². The molecule has 1 aromatic carbocycles. The molecule has 0 heterocycles. The average Bonchev–Trinajstić information content (AvgIpc) is 2.19. The molecule has 0 spiro atoms. The molecule has 0 aromatic heterocycles. The predicted molar refractivity (Wildman–Crippen MR) is 69.3 cm³/mol. The lowest BCUT2D eigenvalue weighted by Gasteiger charge is -2.14. The smallest absolute Gasteiger partial charge is 0.0705 e. The molecule has 1 aromatic rings. The lowest BCUT2D eigenvalue weighted by molar-refractivity contribution is 0.169. The van der Waals surface area contributed by atoms with Gasteiger partial charge in [0.1, 0.15) is 0 Å². The molecule has 90 valence electrons. The van der Waals surface area contributed by atoms with Gasteiger partial charge in [-0.1, -0.05) is 43.1 Å². The number of hydrogen-bond donors (Lipinski definition) is 2. The third kappa shape index (κ3) is 4.71. The maximum absolute atomic E-state index is 9.79. The van der Waals surface area contributed by atoms with Crippen LogP contribution in [0, 0.1) is 0 Å². The van der Waals surface area contributed by atoms with Gasteiger partial charge in [-0.15, -0.1) is 0 Å². The second-order valence-electron chi connectivity index (χ2n) is 4.16. The minimum Gasteiger partial charge on any atom is -0.391 e. The standard InChI is InChI=1S/C12H17Cl2NO/c1-8(2)15-7-11(16)5-9-3-4-10(13)6-12(9)14/h3-4,6,8,11,15-16H,5,7H2,1-2H3. The van der Waals surface area contributed by atoms with E-state index in [2.05, 4.69) is 5.32 Å². The first-order chi connectivity index (χ1) is 7.49. The zero-order valence-corrected chi connectivity index (χ0v) is 11.0. The summed E-state index contributed by atoms with van der Waals surface area (Å²) in [6, 6.07) is 5.70. The van der Waals surface area contributed by atoms with Gasteiger partial charge in [0.05, 0.1) is 6.10 Å². The van der Waals surface area contributed by atoms with Crippen LogP contribution in [0.5, 0.6) is 0 Å². The van der Waals surface area contributed by atoms with Gasteiger partial charge in [-0.3, -0.25) is 0 Å². The molecule has 16 heavy (non-hydrogen) atoms. The first-order valence-corrected chi connectivity index (χ1v) is 6.10. The zero-order chi connectivity index (χ0) is 12.1. The largest absolute Gasteiger partial charge is 0.391 e. The second kappa shape index (κ2) is 6.45. The molecule has 0 saturated heterocycles. The van der Waals surface area contributed by atoms with Crippen molar-refractivity contribution in [2.24, 2.45) is 0 Å². The Morgan fingerprint density at radius 2 is 2.00 bits per heavy atom. The fraction of sp³-hybridized carbons (Fsp3) is 0.500. The highest BCUT2D eigenvalue weighted by atomic mass is 35.5. The van der Waals surface area contributed by atoms with E-state index in [-0.39, 0.29) is 0 Å². The Kier molecular flexibility index (Phi) is 5.56. The minimum atomic E-state index is -0.430. The Bertz CT molecular complexity index is 342. The van der Waals surface area contributed by atoms with Crippen LogP contribution < -0.4 is 5.32 Å². The van der Waals surface area contributed by atoms with Crippen molar-refractivity contribution in [1.82, 2.24) is 5.32 Å². The van der Waals surface area contributed by atoms with Gasteiger partial charge in [0.15, 0.2) is 0 Å². The third-order valence-electron chi connectivity index (χ3n) is 2.23. The van der Waals surface area contributed by atoms with E-state index in [1.165, 1.54) is 0 Å². The molecule has 0 radical (unpaired) electrons. The normalized spacial score (nSPS) is 13.1. The van der Waals surface area contributed by atoms with Crippen LogP contribution >= 0.6 is 23.2 Å². The molecule has 1 unspecified atom stereocenters. The fourth-order valence-electron chi connectivity index (χ4n) is 1.38. The first-order valence-electron chi connectivity index (χ1n) is 5.34. The molecule has 1 atom stereocenters. The highest BCUT2D eigenvalue weighted by Gasteiger charge is 2.09. The highest BCUT2D eigenvalue weighted by Crippen LogP contribution is 2.21. The molecule has 2 nitrogen and oxygen atoms in total. The van der Waals surface area contributed by atoms with Gasteiger partial charge in [0.2, 0.25) is 0 Å². The summed E-state index contributed by atoms with van der Waals surface area (Å²) in [5.74, 6) is 0. The van der Waals surface area contributed by atoms with Crippen molar-refractivity contribution in [2.75, 3.05) is 6.54 Å². The predicted octanol–water partition coefficient (Wildman–Crippen LogP) is 2.89. The van der Waals surface area contributed by atoms with E-state index in [9.17, 15) is 5.11 Å². The van der Waals surface area contributed by atoms with Gasteiger partial charge in [-0.2, -0.15) is 0 Å². The third-order valence-corrected chi connectivity index (χ3v) is 2.82. The Morgan fingerprint density at radius 1 is 1.31 bits per heavy atom. The molecule has 0 fully saturated rings. The van der Waals surface area contributed by atoms with Gasteiger partial charge >= 0.3 is 0 Å².